The zero-order chi connectivity index (χ0) is 14.6. The number of alkyl halides is 2. The molecule has 0 fully saturated rings. The van der Waals surface area contributed by atoms with E-state index in [0.29, 0.717) is 17.9 Å². The van der Waals surface area contributed by atoms with Crippen LogP contribution in [-0.4, -0.2) is 20.2 Å². The molecule has 0 heterocycles. The molecular weight excluding hydrogens is 272 g/mol. The molecule has 108 valence electrons. The maximum atomic E-state index is 12.6. The van der Waals surface area contributed by atoms with E-state index in [4.69, 9.17) is 5.73 Å². The highest BCUT2D eigenvalue weighted by molar-refractivity contribution is 7.91. The lowest BCUT2D eigenvalue weighted by molar-refractivity contribution is 0.234. The van der Waals surface area contributed by atoms with Crippen molar-refractivity contribution in [3.8, 4) is 0 Å². The molecule has 0 amide bonds. The van der Waals surface area contributed by atoms with Gasteiger partial charge in [-0.05, 0) is 30.4 Å². The van der Waals surface area contributed by atoms with Crippen LogP contribution in [0, 0.1) is 5.92 Å². The van der Waals surface area contributed by atoms with Crippen molar-refractivity contribution in [3.05, 3.63) is 29.8 Å². The lowest BCUT2D eigenvalue weighted by Gasteiger charge is -2.16. The van der Waals surface area contributed by atoms with Gasteiger partial charge in [0.05, 0.1) is 4.90 Å². The van der Waals surface area contributed by atoms with Gasteiger partial charge in [-0.2, -0.15) is 8.78 Å². The lowest BCUT2D eigenvalue weighted by Crippen LogP contribution is -2.26. The van der Waals surface area contributed by atoms with Gasteiger partial charge >= 0.3 is 5.76 Å². The Balaban J connectivity index is 3.04. The fourth-order valence-corrected chi connectivity index (χ4v) is 2.99. The fraction of sp³-hybridized carbons (Fsp3) is 0.538. The summed E-state index contributed by atoms with van der Waals surface area (Å²) < 4.78 is 48.3. The van der Waals surface area contributed by atoms with Crippen LogP contribution in [0.1, 0.15) is 25.8 Å². The maximum Gasteiger partial charge on any atom is 0.341 e. The molecule has 0 aliphatic rings. The van der Waals surface area contributed by atoms with Crippen molar-refractivity contribution < 1.29 is 17.2 Å². The molecule has 0 radical (unpaired) electrons. The standard InChI is InChI=1S/C13H19F2NO2S/c1-9(2)7-11(16)8-10-5-3-4-6-12(10)19(17,18)13(14)15/h3-6,9,11,13H,7-8,16H2,1-2H3. The largest absolute Gasteiger partial charge is 0.341 e. The second kappa shape index (κ2) is 6.43. The minimum Gasteiger partial charge on any atom is -0.327 e. The molecule has 0 spiro atoms. The zero-order valence-corrected chi connectivity index (χ0v) is 11.8. The highest BCUT2D eigenvalue weighted by atomic mass is 32.2. The molecule has 0 aromatic heterocycles. The predicted octanol–water partition coefficient (Wildman–Crippen LogP) is 2.60. The third-order valence-corrected chi connectivity index (χ3v) is 4.25. The van der Waals surface area contributed by atoms with E-state index in [0.717, 1.165) is 0 Å². The van der Waals surface area contributed by atoms with Gasteiger partial charge in [0.25, 0.3) is 0 Å². The molecule has 0 aliphatic carbocycles. The van der Waals surface area contributed by atoms with Crippen LogP contribution in [0.25, 0.3) is 0 Å². The Labute approximate surface area is 112 Å². The normalized spacial score (nSPS) is 14.1. The lowest BCUT2D eigenvalue weighted by atomic mass is 9.98. The van der Waals surface area contributed by atoms with Crippen LogP contribution in [0.3, 0.4) is 0 Å². The topological polar surface area (TPSA) is 60.2 Å². The Morgan fingerprint density at radius 3 is 2.32 bits per heavy atom. The summed E-state index contributed by atoms with van der Waals surface area (Å²) in [6, 6.07) is 5.57. The van der Waals surface area contributed by atoms with E-state index in [9.17, 15) is 17.2 Å². The van der Waals surface area contributed by atoms with Crippen molar-refractivity contribution in [1.82, 2.24) is 0 Å². The Morgan fingerprint density at radius 2 is 1.79 bits per heavy atom. The average molecular weight is 291 g/mol. The molecule has 19 heavy (non-hydrogen) atoms. The van der Waals surface area contributed by atoms with E-state index in [1.54, 1.807) is 6.07 Å². The monoisotopic (exact) mass is 291 g/mol. The molecule has 0 bridgehead atoms. The third kappa shape index (κ3) is 4.24. The van der Waals surface area contributed by atoms with E-state index in [1.807, 2.05) is 13.8 Å². The van der Waals surface area contributed by atoms with Crippen molar-refractivity contribution in [2.45, 2.75) is 43.4 Å². The minimum absolute atomic E-state index is 0.242. The van der Waals surface area contributed by atoms with Crippen LogP contribution >= 0.6 is 0 Å². The van der Waals surface area contributed by atoms with Crippen LogP contribution < -0.4 is 5.73 Å². The van der Waals surface area contributed by atoms with E-state index in [-0.39, 0.29) is 17.4 Å². The second-order valence-electron chi connectivity index (χ2n) is 5.01. The Morgan fingerprint density at radius 1 is 1.21 bits per heavy atom. The van der Waals surface area contributed by atoms with Gasteiger partial charge in [-0.25, -0.2) is 8.42 Å². The van der Waals surface area contributed by atoms with Gasteiger partial charge in [0.15, 0.2) is 0 Å². The van der Waals surface area contributed by atoms with Crippen LogP contribution in [-0.2, 0) is 16.3 Å². The van der Waals surface area contributed by atoms with E-state index < -0.39 is 15.6 Å². The van der Waals surface area contributed by atoms with E-state index in [1.165, 1.54) is 18.2 Å². The number of hydrogen-bond acceptors (Lipinski definition) is 3. The highest BCUT2D eigenvalue weighted by Gasteiger charge is 2.29. The van der Waals surface area contributed by atoms with Gasteiger partial charge in [-0.3, -0.25) is 0 Å². The smallest absolute Gasteiger partial charge is 0.327 e. The van der Waals surface area contributed by atoms with E-state index in [2.05, 4.69) is 0 Å². The summed E-state index contributed by atoms with van der Waals surface area (Å²) in [5.41, 5.74) is 6.27. The van der Waals surface area contributed by atoms with Crippen LogP contribution in [0.5, 0.6) is 0 Å². The molecule has 0 saturated heterocycles. The van der Waals surface area contributed by atoms with Crippen molar-refractivity contribution in [3.63, 3.8) is 0 Å². The summed E-state index contributed by atoms with van der Waals surface area (Å²) in [5, 5.41) is 0. The molecule has 1 unspecified atom stereocenters. The van der Waals surface area contributed by atoms with Gasteiger partial charge in [0, 0.05) is 6.04 Å². The molecule has 3 nitrogen and oxygen atoms in total. The molecule has 6 heteroatoms. The van der Waals surface area contributed by atoms with Crippen molar-refractivity contribution in [2.24, 2.45) is 11.7 Å². The number of benzene rings is 1. The molecule has 1 atom stereocenters. The molecule has 0 aliphatic heterocycles. The van der Waals surface area contributed by atoms with Gasteiger partial charge in [0.1, 0.15) is 0 Å². The summed E-state index contributed by atoms with van der Waals surface area (Å²) in [7, 11) is -4.57. The Kier molecular flexibility index (Phi) is 5.43. The van der Waals surface area contributed by atoms with Crippen LogP contribution in [0.4, 0.5) is 8.78 Å². The molecule has 0 saturated carbocycles. The van der Waals surface area contributed by atoms with Crippen molar-refractivity contribution >= 4 is 9.84 Å². The molecule has 2 N–H and O–H groups in total. The first-order chi connectivity index (χ1) is 8.75. The van der Waals surface area contributed by atoms with Crippen molar-refractivity contribution in [2.75, 3.05) is 0 Å². The summed E-state index contributed by atoms with van der Waals surface area (Å²) >= 11 is 0. The summed E-state index contributed by atoms with van der Waals surface area (Å²) in [4.78, 5) is -0.316. The summed E-state index contributed by atoms with van der Waals surface area (Å²) in [6.07, 6.45) is 0.989. The molecule has 1 aromatic rings. The van der Waals surface area contributed by atoms with Gasteiger partial charge in [-0.1, -0.05) is 32.0 Å². The fourth-order valence-electron chi connectivity index (χ4n) is 2.02. The van der Waals surface area contributed by atoms with E-state index >= 15 is 0 Å². The summed E-state index contributed by atoms with van der Waals surface area (Å²) in [6.45, 7) is 4.00. The van der Waals surface area contributed by atoms with Crippen LogP contribution in [0.15, 0.2) is 29.2 Å². The van der Waals surface area contributed by atoms with Crippen molar-refractivity contribution in [1.29, 1.82) is 0 Å². The number of rotatable bonds is 6. The van der Waals surface area contributed by atoms with Gasteiger partial charge in [-0.15, -0.1) is 0 Å². The second-order valence-corrected chi connectivity index (χ2v) is 6.89. The summed E-state index contributed by atoms with van der Waals surface area (Å²) in [5.74, 6) is -3.04. The number of sulfone groups is 1. The van der Waals surface area contributed by atoms with Crippen LogP contribution in [0.2, 0.25) is 0 Å². The molecule has 1 rings (SSSR count). The number of halogens is 2. The average Bonchev–Trinajstić information content (AvgIpc) is 2.27. The quantitative estimate of drug-likeness (QED) is 0.876. The minimum atomic E-state index is -4.57. The predicted molar refractivity (Wildman–Crippen MR) is 70.8 cm³/mol. The first kappa shape index (κ1) is 16.0. The molecule has 1 aromatic carbocycles. The van der Waals surface area contributed by atoms with Gasteiger partial charge in [0.2, 0.25) is 9.84 Å². The zero-order valence-electron chi connectivity index (χ0n) is 11.0. The maximum absolute atomic E-state index is 12.6. The Bertz CT molecular complexity index is 515. The molecular formula is C13H19F2NO2S. The number of hydrogen-bond donors (Lipinski definition) is 1. The Hall–Kier alpha value is -1.01. The SMILES string of the molecule is CC(C)CC(N)Cc1ccccc1S(=O)(=O)C(F)F. The first-order valence-electron chi connectivity index (χ1n) is 6.10. The highest BCUT2D eigenvalue weighted by Crippen LogP contribution is 2.23. The number of nitrogens with two attached hydrogens (primary N) is 1. The third-order valence-electron chi connectivity index (χ3n) is 2.77. The van der Waals surface area contributed by atoms with Gasteiger partial charge < -0.3 is 5.73 Å². The first-order valence-corrected chi connectivity index (χ1v) is 7.65.